The first-order valence-corrected chi connectivity index (χ1v) is 6.74. The van der Waals surface area contributed by atoms with Gasteiger partial charge in [-0.2, -0.15) is 0 Å². The molecule has 0 aromatic heterocycles. The maximum atomic E-state index is 8.98. The second kappa shape index (κ2) is 7.53. The summed E-state index contributed by atoms with van der Waals surface area (Å²) in [6, 6.07) is 5.73. The number of aliphatic hydroxyl groups is 1. The van der Waals surface area contributed by atoms with Gasteiger partial charge in [0.05, 0.1) is 5.02 Å². The summed E-state index contributed by atoms with van der Waals surface area (Å²) < 4.78 is 5.42. The molecule has 0 aliphatic carbocycles. The van der Waals surface area contributed by atoms with E-state index < -0.39 is 0 Å². The summed E-state index contributed by atoms with van der Waals surface area (Å²) in [5.74, 6) is 0.667. The number of hydrogen-bond donors (Lipinski definition) is 2. The minimum absolute atomic E-state index is 0.0980. The molecule has 0 radical (unpaired) electrons. The Bertz CT molecular complexity index is 419. The minimum Gasteiger partial charge on any atom is -0.488 e. The molecular weight excluding hydrogens is 262 g/mol. The molecule has 0 unspecified atom stereocenters. The Morgan fingerprint density at radius 2 is 2.21 bits per heavy atom. The Morgan fingerprint density at radius 3 is 2.79 bits per heavy atom. The molecule has 1 rings (SSSR count). The first-order chi connectivity index (χ1) is 8.98. The van der Waals surface area contributed by atoms with E-state index in [1.54, 1.807) is 6.08 Å². The highest BCUT2D eigenvalue weighted by molar-refractivity contribution is 6.32. The van der Waals surface area contributed by atoms with Gasteiger partial charge in [0.25, 0.3) is 0 Å². The lowest BCUT2D eigenvalue weighted by atomic mass is 10.0. The zero-order valence-corrected chi connectivity index (χ0v) is 12.3. The third-order valence-corrected chi connectivity index (χ3v) is 3.16. The molecule has 0 aliphatic rings. The monoisotopic (exact) mass is 283 g/mol. The summed E-state index contributed by atoms with van der Waals surface area (Å²) >= 11 is 6.15. The summed E-state index contributed by atoms with van der Waals surface area (Å²) in [5.41, 5.74) is 0.987. The van der Waals surface area contributed by atoms with Crippen LogP contribution in [0.2, 0.25) is 5.02 Å². The third kappa shape index (κ3) is 5.64. The molecule has 19 heavy (non-hydrogen) atoms. The molecule has 0 heterocycles. The van der Waals surface area contributed by atoms with Crippen LogP contribution in [0.1, 0.15) is 25.8 Å². The Hall–Kier alpha value is -1.03. The van der Waals surface area contributed by atoms with Crippen LogP contribution in [0.4, 0.5) is 0 Å². The second-order valence-electron chi connectivity index (χ2n) is 5.08. The van der Waals surface area contributed by atoms with Crippen molar-refractivity contribution in [1.82, 2.24) is 5.32 Å². The second-order valence-corrected chi connectivity index (χ2v) is 5.48. The summed E-state index contributed by atoms with van der Waals surface area (Å²) in [6.45, 7) is 9.05. The van der Waals surface area contributed by atoms with Gasteiger partial charge in [0, 0.05) is 18.7 Å². The van der Waals surface area contributed by atoms with Crippen LogP contribution in [-0.4, -0.2) is 23.9 Å². The zero-order valence-electron chi connectivity index (χ0n) is 11.6. The van der Waals surface area contributed by atoms with E-state index in [1.165, 1.54) is 0 Å². The molecular formula is C15H22ClNO2. The van der Waals surface area contributed by atoms with Gasteiger partial charge in [-0.05, 0) is 38.0 Å². The van der Waals surface area contributed by atoms with Crippen LogP contribution in [0.3, 0.4) is 0 Å². The fourth-order valence-electron chi connectivity index (χ4n) is 1.63. The Labute approximate surface area is 120 Å². The van der Waals surface area contributed by atoms with Crippen molar-refractivity contribution in [3.63, 3.8) is 0 Å². The van der Waals surface area contributed by atoms with E-state index >= 15 is 0 Å². The van der Waals surface area contributed by atoms with Gasteiger partial charge < -0.3 is 15.2 Å². The zero-order chi connectivity index (χ0) is 14.3. The highest BCUT2D eigenvalue weighted by Gasteiger charge is 2.15. The van der Waals surface area contributed by atoms with Crippen molar-refractivity contribution in [1.29, 1.82) is 0 Å². The summed E-state index contributed by atoms with van der Waals surface area (Å²) in [6.07, 6.45) is 2.39. The Balaban J connectivity index is 2.60. The molecule has 4 heteroatoms. The van der Waals surface area contributed by atoms with Crippen LogP contribution in [-0.2, 0) is 6.54 Å². The van der Waals surface area contributed by atoms with Gasteiger partial charge in [-0.1, -0.05) is 30.3 Å². The van der Waals surface area contributed by atoms with Crippen molar-refractivity contribution in [2.24, 2.45) is 0 Å². The van der Waals surface area contributed by atoms with Gasteiger partial charge in [-0.15, -0.1) is 0 Å². The highest BCUT2D eigenvalue weighted by Crippen LogP contribution is 2.25. The van der Waals surface area contributed by atoms with Crippen LogP contribution in [0, 0.1) is 0 Å². The lowest BCUT2D eigenvalue weighted by Crippen LogP contribution is -2.39. The fourth-order valence-corrected chi connectivity index (χ4v) is 1.89. The molecule has 0 aliphatic heterocycles. The standard InChI is InChI=1S/C15H22ClNO2/c1-4-9-19-14-6-5-12(10-13(14)16)11-17-15(2,3)7-8-18/h4-6,10,17-18H,1,7-9,11H2,2-3H3. The Morgan fingerprint density at radius 1 is 1.47 bits per heavy atom. The maximum Gasteiger partial charge on any atom is 0.138 e. The van der Waals surface area contributed by atoms with Gasteiger partial charge in [-0.3, -0.25) is 0 Å². The molecule has 0 saturated heterocycles. The van der Waals surface area contributed by atoms with Crippen LogP contribution < -0.4 is 10.1 Å². The van der Waals surface area contributed by atoms with Crippen molar-refractivity contribution in [3.05, 3.63) is 41.4 Å². The SMILES string of the molecule is C=CCOc1ccc(CNC(C)(C)CCO)cc1Cl. The molecule has 0 fully saturated rings. The van der Waals surface area contributed by atoms with E-state index in [4.69, 9.17) is 21.4 Å². The maximum absolute atomic E-state index is 8.98. The van der Waals surface area contributed by atoms with Gasteiger partial charge in [-0.25, -0.2) is 0 Å². The van der Waals surface area contributed by atoms with E-state index in [-0.39, 0.29) is 12.1 Å². The molecule has 2 N–H and O–H groups in total. The van der Waals surface area contributed by atoms with E-state index in [1.807, 2.05) is 18.2 Å². The van der Waals surface area contributed by atoms with Crippen molar-refractivity contribution < 1.29 is 9.84 Å². The summed E-state index contributed by atoms with van der Waals surface area (Å²) in [5, 5.41) is 13.0. The van der Waals surface area contributed by atoms with Crippen LogP contribution in [0.15, 0.2) is 30.9 Å². The van der Waals surface area contributed by atoms with Gasteiger partial charge in [0.1, 0.15) is 12.4 Å². The van der Waals surface area contributed by atoms with E-state index in [0.717, 1.165) is 5.56 Å². The summed E-state index contributed by atoms with van der Waals surface area (Å²) in [4.78, 5) is 0. The lowest BCUT2D eigenvalue weighted by Gasteiger charge is -2.25. The van der Waals surface area contributed by atoms with Gasteiger partial charge in [0.15, 0.2) is 0 Å². The number of ether oxygens (including phenoxy) is 1. The number of benzene rings is 1. The highest BCUT2D eigenvalue weighted by atomic mass is 35.5. The van der Waals surface area contributed by atoms with Crippen molar-refractivity contribution >= 4 is 11.6 Å². The molecule has 0 bridgehead atoms. The first-order valence-electron chi connectivity index (χ1n) is 6.36. The predicted molar refractivity (Wildman–Crippen MR) is 79.8 cm³/mol. The Kier molecular flexibility index (Phi) is 6.35. The van der Waals surface area contributed by atoms with Crippen molar-refractivity contribution in [3.8, 4) is 5.75 Å². The molecule has 0 saturated carbocycles. The number of rotatable bonds is 8. The topological polar surface area (TPSA) is 41.5 Å². The third-order valence-electron chi connectivity index (χ3n) is 2.86. The average molecular weight is 284 g/mol. The van der Waals surface area contributed by atoms with E-state index in [2.05, 4.69) is 25.7 Å². The van der Waals surface area contributed by atoms with Crippen LogP contribution in [0.5, 0.6) is 5.75 Å². The number of aliphatic hydroxyl groups excluding tert-OH is 1. The average Bonchev–Trinajstić information content (AvgIpc) is 2.35. The largest absolute Gasteiger partial charge is 0.488 e. The quantitative estimate of drug-likeness (QED) is 0.720. The molecule has 0 amide bonds. The van der Waals surface area contributed by atoms with Gasteiger partial charge >= 0.3 is 0 Å². The fraction of sp³-hybridized carbons (Fsp3) is 0.467. The van der Waals surface area contributed by atoms with Crippen molar-refractivity contribution in [2.75, 3.05) is 13.2 Å². The van der Waals surface area contributed by atoms with Crippen molar-refractivity contribution in [2.45, 2.75) is 32.4 Å². The van der Waals surface area contributed by atoms with Gasteiger partial charge in [0.2, 0.25) is 0 Å². The van der Waals surface area contributed by atoms with Crippen LogP contribution >= 0.6 is 11.6 Å². The molecule has 106 valence electrons. The predicted octanol–water partition coefficient (Wildman–Crippen LogP) is 3.16. The first kappa shape index (κ1) is 16.0. The lowest BCUT2D eigenvalue weighted by molar-refractivity contribution is 0.230. The van der Waals surface area contributed by atoms with E-state index in [0.29, 0.717) is 30.3 Å². The molecule has 0 spiro atoms. The number of nitrogens with one attached hydrogen (secondary N) is 1. The number of halogens is 1. The van der Waals surface area contributed by atoms with E-state index in [9.17, 15) is 0 Å². The van der Waals surface area contributed by atoms with Crippen LogP contribution in [0.25, 0.3) is 0 Å². The molecule has 1 aromatic carbocycles. The number of hydrogen-bond acceptors (Lipinski definition) is 3. The minimum atomic E-state index is -0.0980. The molecule has 0 atom stereocenters. The smallest absolute Gasteiger partial charge is 0.138 e. The normalized spacial score (nSPS) is 11.4. The molecule has 1 aromatic rings. The molecule has 3 nitrogen and oxygen atoms in total. The summed E-state index contributed by atoms with van der Waals surface area (Å²) in [7, 11) is 0.